The molecule has 0 unspecified atom stereocenters. The summed E-state index contributed by atoms with van der Waals surface area (Å²) in [4.78, 5) is 25.6. The maximum atomic E-state index is 12.2. The summed E-state index contributed by atoms with van der Waals surface area (Å²) in [6, 6.07) is 7.13. The molecule has 12 heteroatoms. The number of nitrogens with zero attached hydrogens (tertiary/aromatic N) is 3. The van der Waals surface area contributed by atoms with Crippen LogP contribution in [0, 0.1) is 0 Å². The van der Waals surface area contributed by atoms with Gasteiger partial charge in [-0.3, -0.25) is 9.36 Å². The van der Waals surface area contributed by atoms with Gasteiger partial charge in [0.15, 0.2) is 0 Å². The molecule has 3 aromatic rings. The third-order valence-electron chi connectivity index (χ3n) is 3.23. The fraction of sp³-hybridized carbons (Fsp3) is 0.231. The van der Waals surface area contributed by atoms with Crippen molar-refractivity contribution >= 4 is 43.4 Å². The highest BCUT2D eigenvalue weighted by Crippen LogP contribution is 2.19. The van der Waals surface area contributed by atoms with Gasteiger partial charge in [0.1, 0.15) is 0 Å². The Bertz CT molecular complexity index is 1080. The lowest BCUT2D eigenvalue weighted by Crippen LogP contribution is -2.30. The number of fused-ring (bicyclic) bond motifs is 1. The molecule has 0 saturated carbocycles. The minimum Gasteiger partial charge on any atom is -0.306 e. The van der Waals surface area contributed by atoms with Crippen molar-refractivity contribution < 1.29 is 13.2 Å². The van der Waals surface area contributed by atoms with Crippen LogP contribution in [0.5, 0.6) is 0 Å². The topological polar surface area (TPSA) is 139 Å². The number of H-pyrrole nitrogens is 1. The smallest absolute Gasteiger partial charge is 0.306 e. The van der Waals surface area contributed by atoms with Crippen LogP contribution in [0.2, 0.25) is 0 Å². The first kappa shape index (κ1) is 17.3. The highest BCUT2D eigenvalue weighted by molar-refractivity contribution is 7.91. The molecule has 1 amide bonds. The van der Waals surface area contributed by atoms with Crippen molar-refractivity contribution in [1.82, 2.24) is 24.5 Å². The van der Waals surface area contributed by atoms with E-state index >= 15 is 0 Å². The number of nitrogens with one attached hydrogen (secondary N) is 3. The van der Waals surface area contributed by atoms with E-state index < -0.39 is 10.0 Å². The van der Waals surface area contributed by atoms with Gasteiger partial charge in [-0.25, -0.2) is 17.9 Å². The third kappa shape index (κ3) is 3.75. The van der Waals surface area contributed by atoms with Crippen LogP contribution < -0.4 is 15.7 Å². The molecule has 2 heterocycles. The Labute approximate surface area is 146 Å². The molecule has 0 bridgehead atoms. The molecule has 0 aliphatic carbocycles. The van der Waals surface area contributed by atoms with E-state index in [1.165, 1.54) is 11.5 Å². The van der Waals surface area contributed by atoms with Crippen LogP contribution in [0.1, 0.15) is 6.92 Å². The Balaban J connectivity index is 1.70. The highest BCUT2D eigenvalue weighted by atomic mass is 32.2. The number of sulfonamides is 1. The van der Waals surface area contributed by atoms with Gasteiger partial charge in [-0.1, -0.05) is 23.5 Å². The number of hydrogen-bond donors (Lipinski definition) is 3. The molecule has 0 spiro atoms. The molecule has 3 N–H and O–H groups in total. The highest BCUT2D eigenvalue weighted by Gasteiger charge is 2.20. The van der Waals surface area contributed by atoms with Gasteiger partial charge in [-0.15, -0.1) is 10.2 Å². The average Bonchev–Trinajstić information content (AvgIpc) is 3.12. The summed E-state index contributed by atoms with van der Waals surface area (Å²) in [5.41, 5.74) is 1.05. The van der Waals surface area contributed by atoms with Gasteiger partial charge >= 0.3 is 5.69 Å². The van der Waals surface area contributed by atoms with Crippen molar-refractivity contribution in [2.45, 2.75) is 17.8 Å². The van der Waals surface area contributed by atoms with Crippen molar-refractivity contribution in [3.8, 4) is 0 Å². The second-order valence-corrected chi connectivity index (χ2v) is 7.97. The predicted octanol–water partition coefficient (Wildman–Crippen LogP) is 0.118. The number of hydrogen-bond acceptors (Lipinski definition) is 7. The molecular formula is C13H14N6O4S2. The third-order valence-corrected chi connectivity index (χ3v) is 5.90. The molecule has 2 aromatic heterocycles. The quantitative estimate of drug-likeness (QED) is 0.518. The van der Waals surface area contributed by atoms with Gasteiger partial charge in [0.2, 0.25) is 15.4 Å². The van der Waals surface area contributed by atoms with Gasteiger partial charge < -0.3 is 10.3 Å². The fourth-order valence-electron chi connectivity index (χ4n) is 2.20. The van der Waals surface area contributed by atoms with Crippen LogP contribution in [0.3, 0.4) is 0 Å². The Morgan fingerprint density at radius 3 is 2.84 bits per heavy atom. The minimum absolute atomic E-state index is 0.000855. The number of benzene rings is 1. The summed E-state index contributed by atoms with van der Waals surface area (Å²) in [6.45, 7) is 1.44. The van der Waals surface area contributed by atoms with E-state index in [0.717, 1.165) is 11.3 Å². The van der Waals surface area contributed by atoms with Crippen LogP contribution in [-0.4, -0.2) is 40.6 Å². The lowest BCUT2D eigenvalue weighted by atomic mass is 10.3. The molecule has 0 saturated heterocycles. The lowest BCUT2D eigenvalue weighted by Gasteiger charge is -2.05. The van der Waals surface area contributed by atoms with Crippen molar-refractivity contribution in [3.05, 3.63) is 34.7 Å². The SMILES string of the molecule is CC(=O)Nc1nnc(S(=O)(=O)NCCn2c(=O)[nH]c3ccccc32)s1. The van der Waals surface area contributed by atoms with Crippen LogP contribution in [0.25, 0.3) is 11.0 Å². The molecule has 25 heavy (non-hydrogen) atoms. The zero-order valence-corrected chi connectivity index (χ0v) is 14.6. The van der Waals surface area contributed by atoms with Gasteiger partial charge in [0, 0.05) is 20.0 Å². The molecule has 0 fully saturated rings. The first-order chi connectivity index (χ1) is 11.9. The monoisotopic (exact) mass is 382 g/mol. The number of imidazole rings is 1. The van der Waals surface area contributed by atoms with E-state index in [4.69, 9.17) is 0 Å². The molecule has 0 aliphatic rings. The number of anilines is 1. The molecule has 0 radical (unpaired) electrons. The summed E-state index contributed by atoms with van der Waals surface area (Å²) in [7, 11) is -3.88. The second kappa shape index (κ2) is 6.74. The lowest BCUT2D eigenvalue weighted by molar-refractivity contribution is -0.114. The number of carbonyl (C=O) groups excluding carboxylic acids is 1. The van der Waals surface area contributed by atoms with Crippen LogP contribution in [0.15, 0.2) is 33.4 Å². The van der Waals surface area contributed by atoms with Gasteiger partial charge in [-0.05, 0) is 12.1 Å². The molecule has 1 aromatic carbocycles. The summed E-state index contributed by atoms with van der Waals surface area (Å²) >= 11 is 0.742. The number of aromatic nitrogens is 4. The summed E-state index contributed by atoms with van der Waals surface area (Å²) in [5, 5.41) is 9.61. The summed E-state index contributed by atoms with van der Waals surface area (Å²) in [6.07, 6.45) is 0. The minimum atomic E-state index is -3.88. The Kier molecular flexibility index (Phi) is 4.65. The standard InChI is InChI=1S/C13H14N6O4S2/c1-8(20)15-11-17-18-13(24-11)25(22,23)14-6-7-19-10-5-3-2-4-9(10)16-12(19)21/h2-5,14H,6-7H2,1H3,(H,16,21)(H,15,17,20). The van der Waals surface area contributed by atoms with Crippen molar-refractivity contribution in [3.63, 3.8) is 0 Å². The van der Waals surface area contributed by atoms with E-state index in [2.05, 4.69) is 25.2 Å². The second-order valence-electron chi connectivity index (χ2n) is 5.05. The van der Waals surface area contributed by atoms with E-state index in [1.54, 1.807) is 24.3 Å². The number of rotatable bonds is 6. The van der Waals surface area contributed by atoms with Gasteiger partial charge in [0.05, 0.1) is 11.0 Å². The van der Waals surface area contributed by atoms with E-state index in [9.17, 15) is 18.0 Å². The Morgan fingerprint density at radius 1 is 1.32 bits per heavy atom. The van der Waals surface area contributed by atoms with Gasteiger partial charge in [-0.2, -0.15) is 0 Å². The average molecular weight is 382 g/mol. The van der Waals surface area contributed by atoms with Crippen molar-refractivity contribution in [1.29, 1.82) is 0 Å². The number of para-hydroxylation sites is 2. The zero-order valence-electron chi connectivity index (χ0n) is 13.0. The molecular weight excluding hydrogens is 368 g/mol. The van der Waals surface area contributed by atoms with Gasteiger partial charge in [0.25, 0.3) is 10.0 Å². The maximum absolute atomic E-state index is 12.2. The van der Waals surface area contributed by atoms with Crippen LogP contribution in [0.4, 0.5) is 5.13 Å². The predicted molar refractivity (Wildman–Crippen MR) is 92.0 cm³/mol. The van der Waals surface area contributed by atoms with E-state index in [0.29, 0.717) is 11.0 Å². The Morgan fingerprint density at radius 2 is 2.08 bits per heavy atom. The zero-order chi connectivity index (χ0) is 18.0. The number of aromatic amines is 1. The van der Waals surface area contributed by atoms with E-state index in [1.807, 2.05) is 0 Å². The van der Waals surface area contributed by atoms with E-state index in [-0.39, 0.29) is 34.2 Å². The number of amides is 1. The van der Waals surface area contributed by atoms with Crippen LogP contribution in [-0.2, 0) is 21.4 Å². The molecule has 3 rings (SSSR count). The maximum Gasteiger partial charge on any atom is 0.326 e. The molecule has 0 atom stereocenters. The summed E-state index contributed by atoms with van der Waals surface area (Å²) < 4.78 is 27.9. The largest absolute Gasteiger partial charge is 0.326 e. The summed E-state index contributed by atoms with van der Waals surface area (Å²) in [5.74, 6) is -0.369. The first-order valence-corrected chi connectivity index (χ1v) is 9.45. The first-order valence-electron chi connectivity index (χ1n) is 7.15. The molecule has 0 aliphatic heterocycles. The van der Waals surface area contributed by atoms with Crippen LogP contribution >= 0.6 is 11.3 Å². The normalized spacial score (nSPS) is 11.7. The van der Waals surface area contributed by atoms with Crippen molar-refractivity contribution in [2.24, 2.45) is 0 Å². The number of carbonyl (C=O) groups is 1. The van der Waals surface area contributed by atoms with Crippen molar-refractivity contribution in [2.75, 3.05) is 11.9 Å². The fourth-order valence-corrected chi connectivity index (χ4v) is 4.21. The Hall–Kier alpha value is -2.57. The molecule has 132 valence electrons. The molecule has 10 nitrogen and oxygen atoms in total.